The van der Waals surface area contributed by atoms with E-state index < -0.39 is 12.1 Å². The van der Waals surface area contributed by atoms with Crippen molar-refractivity contribution >= 4 is 40.6 Å². The van der Waals surface area contributed by atoms with Crippen LogP contribution in [0, 0.1) is 0 Å². The Bertz CT molecular complexity index is 1240. The lowest BCUT2D eigenvalue weighted by Gasteiger charge is -2.17. The number of ether oxygens (including phenoxy) is 2. The first-order chi connectivity index (χ1) is 16.4. The van der Waals surface area contributed by atoms with E-state index in [9.17, 15) is 14.7 Å². The fourth-order valence-corrected chi connectivity index (χ4v) is 4.16. The number of amidine groups is 1. The van der Waals surface area contributed by atoms with Crippen molar-refractivity contribution in [3.63, 3.8) is 0 Å². The second-order valence-corrected chi connectivity index (χ2v) is 8.31. The molecule has 2 aromatic carbocycles. The molecule has 0 N–H and O–H groups in total. The van der Waals surface area contributed by atoms with Crippen molar-refractivity contribution in [3.05, 3.63) is 83.2 Å². The van der Waals surface area contributed by atoms with Gasteiger partial charge in [-0.05, 0) is 66.7 Å². The third-order valence-corrected chi connectivity index (χ3v) is 5.89. The number of rotatable bonds is 8. The highest BCUT2D eigenvalue weighted by Gasteiger charge is 2.34. The summed E-state index contributed by atoms with van der Waals surface area (Å²) < 4.78 is 16.2. The van der Waals surface area contributed by atoms with Crippen LogP contribution in [0.3, 0.4) is 0 Å². The molecule has 1 amide bonds. The highest BCUT2D eigenvalue weighted by Crippen LogP contribution is 2.36. The number of carbonyl (C=O) groups is 2. The predicted octanol–water partition coefficient (Wildman–Crippen LogP) is 3.61. The van der Waals surface area contributed by atoms with Crippen molar-refractivity contribution < 1.29 is 28.6 Å². The Morgan fingerprint density at radius 2 is 1.97 bits per heavy atom. The molecule has 4 rings (SSSR count). The summed E-state index contributed by atoms with van der Waals surface area (Å²) in [5.41, 5.74) is 1.41. The largest absolute Gasteiger partial charge is 0.546 e. The normalized spacial score (nSPS) is 16.8. The number of benzene rings is 2. The van der Waals surface area contributed by atoms with Crippen molar-refractivity contribution in [1.29, 1.82) is 0 Å². The van der Waals surface area contributed by atoms with Gasteiger partial charge >= 0.3 is 0 Å². The zero-order valence-corrected chi connectivity index (χ0v) is 19.3. The van der Waals surface area contributed by atoms with E-state index in [1.807, 2.05) is 30.3 Å². The molecular formula is C25H21N2O6S-. The number of nitrogens with zero attached hydrogens (tertiary/aromatic N) is 2. The third kappa shape index (κ3) is 5.32. The maximum Gasteiger partial charge on any atom is 0.267 e. The predicted molar refractivity (Wildman–Crippen MR) is 126 cm³/mol. The van der Waals surface area contributed by atoms with Gasteiger partial charge in [0.2, 0.25) is 0 Å². The number of carbonyl (C=O) groups excluding carboxylic acids is 2. The molecule has 0 saturated carbocycles. The minimum atomic E-state index is -1.33. The molecule has 3 aromatic rings. The van der Waals surface area contributed by atoms with Crippen molar-refractivity contribution in [2.24, 2.45) is 4.99 Å². The number of aliphatic imine (C=N–C) groups is 1. The van der Waals surface area contributed by atoms with E-state index in [0.717, 1.165) is 5.69 Å². The summed E-state index contributed by atoms with van der Waals surface area (Å²) in [6.45, 7) is 1.62. The Morgan fingerprint density at radius 1 is 1.18 bits per heavy atom. The Kier molecular flexibility index (Phi) is 7.03. The van der Waals surface area contributed by atoms with Gasteiger partial charge in [0.1, 0.15) is 11.9 Å². The van der Waals surface area contributed by atoms with Crippen LogP contribution >= 0.6 is 11.8 Å². The van der Waals surface area contributed by atoms with Gasteiger partial charge in [0, 0.05) is 0 Å². The summed E-state index contributed by atoms with van der Waals surface area (Å²) in [5, 5.41) is 11.5. The Labute approximate surface area is 200 Å². The number of methoxy groups -OCH3 is 1. The van der Waals surface area contributed by atoms with E-state index in [1.54, 1.807) is 47.6 Å². The average molecular weight is 478 g/mol. The van der Waals surface area contributed by atoms with Crippen LogP contribution in [0.25, 0.3) is 6.08 Å². The van der Waals surface area contributed by atoms with Gasteiger partial charge in [-0.25, -0.2) is 4.99 Å². The van der Waals surface area contributed by atoms with Gasteiger partial charge in [0.05, 0.1) is 36.5 Å². The minimum absolute atomic E-state index is 0.207. The van der Waals surface area contributed by atoms with Crippen molar-refractivity contribution in [2.45, 2.75) is 19.6 Å². The van der Waals surface area contributed by atoms with Gasteiger partial charge in [-0.15, -0.1) is 0 Å². The van der Waals surface area contributed by atoms with Crippen LogP contribution in [-0.4, -0.2) is 35.2 Å². The van der Waals surface area contributed by atoms with Crippen molar-refractivity contribution in [2.75, 3.05) is 7.11 Å². The lowest BCUT2D eigenvalue weighted by atomic mass is 10.1. The topological polar surface area (TPSA) is 104 Å². The molecule has 1 saturated heterocycles. The second-order valence-electron chi connectivity index (χ2n) is 7.30. The van der Waals surface area contributed by atoms with Crippen molar-refractivity contribution in [3.8, 4) is 11.5 Å². The zero-order valence-electron chi connectivity index (χ0n) is 18.5. The van der Waals surface area contributed by atoms with Crippen LogP contribution < -0.4 is 14.6 Å². The van der Waals surface area contributed by atoms with E-state index in [1.165, 1.54) is 25.8 Å². The second kappa shape index (κ2) is 10.3. The number of carboxylic acids is 1. The van der Waals surface area contributed by atoms with E-state index in [-0.39, 0.29) is 18.2 Å². The van der Waals surface area contributed by atoms with E-state index in [4.69, 9.17) is 13.9 Å². The summed E-state index contributed by atoms with van der Waals surface area (Å²) >= 11 is 1.26. The molecular weight excluding hydrogens is 456 g/mol. The molecule has 1 fully saturated rings. The number of hydrogen-bond donors (Lipinski definition) is 0. The number of thioether (sulfide) groups is 1. The number of para-hydroxylation sites is 1. The highest BCUT2D eigenvalue weighted by atomic mass is 32.2. The van der Waals surface area contributed by atoms with Gasteiger partial charge in [-0.3, -0.25) is 9.69 Å². The Balaban J connectivity index is 1.64. The number of aliphatic carboxylic acids is 1. The summed E-state index contributed by atoms with van der Waals surface area (Å²) in [5.74, 6) is -0.300. The first kappa shape index (κ1) is 23.2. The quantitative estimate of drug-likeness (QED) is 0.457. The van der Waals surface area contributed by atoms with Crippen LogP contribution in [0.4, 0.5) is 5.69 Å². The van der Waals surface area contributed by atoms with Crippen LogP contribution in [0.1, 0.15) is 18.2 Å². The molecule has 34 heavy (non-hydrogen) atoms. The maximum atomic E-state index is 13.3. The van der Waals surface area contributed by atoms with E-state index >= 15 is 0 Å². The average Bonchev–Trinajstić information content (AvgIpc) is 3.45. The van der Waals surface area contributed by atoms with Crippen LogP contribution in [0.2, 0.25) is 0 Å². The fourth-order valence-electron chi connectivity index (χ4n) is 3.16. The molecule has 0 bridgehead atoms. The Morgan fingerprint density at radius 3 is 2.65 bits per heavy atom. The number of furan rings is 1. The molecule has 174 valence electrons. The molecule has 2 heterocycles. The SMILES string of the molecule is COc1cc(/C=C2\SC(=Nc3ccccc3)N(Cc3ccco3)C2=O)ccc1O[C@@H](C)C(=O)[O-]. The monoisotopic (exact) mass is 477 g/mol. The van der Waals surface area contributed by atoms with E-state index in [2.05, 4.69) is 4.99 Å². The highest BCUT2D eigenvalue weighted by molar-refractivity contribution is 8.18. The summed E-state index contributed by atoms with van der Waals surface area (Å²) in [7, 11) is 1.45. The van der Waals surface area contributed by atoms with Crippen LogP contribution in [0.15, 0.2) is 81.2 Å². The van der Waals surface area contributed by atoms with Gasteiger partial charge in [-0.2, -0.15) is 0 Å². The molecule has 0 aliphatic carbocycles. The number of carboxylic acid groups (broad SMARTS) is 1. The molecule has 1 atom stereocenters. The molecule has 8 nitrogen and oxygen atoms in total. The van der Waals surface area contributed by atoms with Gasteiger partial charge in [0.15, 0.2) is 16.7 Å². The smallest absolute Gasteiger partial charge is 0.267 e. The standard InChI is InChI=1S/C25H22N2O6S/c1-16(24(29)30)33-20-11-10-17(13-21(20)31-2)14-22-23(28)27(15-19-9-6-12-32-19)25(34-22)26-18-7-4-3-5-8-18/h3-14,16H,15H2,1-2H3,(H,29,30)/p-1/b22-14-,26-25?/t16-/m0/s1. The molecule has 1 aliphatic rings. The number of hydrogen-bond acceptors (Lipinski definition) is 8. The molecule has 0 radical (unpaired) electrons. The fraction of sp³-hybridized carbons (Fsp3) is 0.160. The molecule has 1 aromatic heterocycles. The zero-order chi connectivity index (χ0) is 24.1. The maximum absolute atomic E-state index is 13.3. The first-order valence-corrected chi connectivity index (χ1v) is 11.2. The van der Waals surface area contributed by atoms with Gasteiger partial charge < -0.3 is 23.8 Å². The third-order valence-electron chi connectivity index (χ3n) is 4.88. The summed E-state index contributed by atoms with van der Waals surface area (Å²) in [6, 6.07) is 17.9. The van der Waals surface area contributed by atoms with E-state index in [0.29, 0.717) is 27.1 Å². The van der Waals surface area contributed by atoms with Crippen molar-refractivity contribution in [1.82, 2.24) is 4.90 Å². The Hall–Kier alpha value is -3.98. The lowest BCUT2D eigenvalue weighted by molar-refractivity contribution is -0.312. The van der Waals surface area contributed by atoms with Gasteiger partial charge in [-0.1, -0.05) is 24.3 Å². The number of amides is 1. The van der Waals surface area contributed by atoms with Gasteiger partial charge in [0.25, 0.3) is 5.91 Å². The molecule has 0 unspecified atom stereocenters. The molecule has 1 aliphatic heterocycles. The van der Waals surface area contributed by atoms with Crippen LogP contribution in [0.5, 0.6) is 11.5 Å². The first-order valence-electron chi connectivity index (χ1n) is 10.4. The molecule has 0 spiro atoms. The lowest BCUT2D eigenvalue weighted by Crippen LogP contribution is -2.37. The van der Waals surface area contributed by atoms with Crippen LogP contribution in [-0.2, 0) is 16.1 Å². The molecule has 9 heteroatoms. The summed E-state index contributed by atoms with van der Waals surface area (Å²) in [6.07, 6.45) is 2.15. The summed E-state index contributed by atoms with van der Waals surface area (Å²) in [4.78, 5) is 31.0. The minimum Gasteiger partial charge on any atom is -0.546 e.